The number of oxime groups is 1. The van der Waals surface area contributed by atoms with Gasteiger partial charge in [-0.1, -0.05) is 33.2 Å². The quantitative estimate of drug-likeness (QED) is 0.371. The average molecular weight is 285 g/mol. The van der Waals surface area contributed by atoms with Gasteiger partial charge < -0.3 is 14.8 Å². The van der Waals surface area contributed by atoms with Crippen LogP contribution in [0.3, 0.4) is 0 Å². The van der Waals surface area contributed by atoms with Crippen LogP contribution in [-0.2, 0) is 4.74 Å². The van der Waals surface area contributed by atoms with Gasteiger partial charge in [0.1, 0.15) is 0 Å². The van der Waals surface area contributed by atoms with Gasteiger partial charge in [-0.15, -0.1) is 0 Å². The first-order chi connectivity index (χ1) is 7.81. The standard InChI is InChI=1S/C11H13BrN2O2/c12-10-3-1-9(2-4-10)11(13-15)14-5-7-16-8-6-14/h1-4,15H,5-8H2. The molecular weight excluding hydrogens is 272 g/mol. The highest BCUT2D eigenvalue weighted by molar-refractivity contribution is 9.10. The van der Waals surface area contributed by atoms with Crippen molar-refractivity contribution < 1.29 is 9.94 Å². The Morgan fingerprint density at radius 3 is 2.44 bits per heavy atom. The second-order valence-corrected chi connectivity index (χ2v) is 4.45. The average Bonchev–Trinajstić information content (AvgIpc) is 2.34. The third-order valence-electron chi connectivity index (χ3n) is 2.51. The number of rotatable bonds is 1. The van der Waals surface area contributed by atoms with Gasteiger partial charge in [-0.25, -0.2) is 0 Å². The summed E-state index contributed by atoms with van der Waals surface area (Å²) in [5, 5.41) is 12.5. The van der Waals surface area contributed by atoms with Gasteiger partial charge >= 0.3 is 0 Å². The fourth-order valence-electron chi connectivity index (χ4n) is 1.68. The lowest BCUT2D eigenvalue weighted by Crippen LogP contribution is -2.41. The Hall–Kier alpha value is -1.07. The molecule has 1 N–H and O–H groups in total. The molecule has 0 saturated carbocycles. The lowest BCUT2D eigenvalue weighted by atomic mass is 10.2. The molecule has 0 spiro atoms. The Balaban J connectivity index is 2.18. The van der Waals surface area contributed by atoms with Crippen molar-refractivity contribution in [3.63, 3.8) is 0 Å². The van der Waals surface area contributed by atoms with Crippen LogP contribution < -0.4 is 0 Å². The van der Waals surface area contributed by atoms with Gasteiger partial charge in [0, 0.05) is 23.1 Å². The summed E-state index contributed by atoms with van der Waals surface area (Å²) in [5.41, 5.74) is 0.910. The van der Waals surface area contributed by atoms with Crippen molar-refractivity contribution in [3.05, 3.63) is 34.3 Å². The zero-order chi connectivity index (χ0) is 11.4. The largest absolute Gasteiger partial charge is 0.409 e. The minimum absolute atomic E-state index is 0.607. The van der Waals surface area contributed by atoms with Gasteiger partial charge in [0.25, 0.3) is 0 Å². The maximum absolute atomic E-state index is 9.09. The summed E-state index contributed by atoms with van der Waals surface area (Å²) >= 11 is 3.38. The number of benzene rings is 1. The molecule has 0 aromatic heterocycles. The number of halogens is 1. The Bertz CT molecular complexity index is 372. The Kier molecular flexibility index (Phi) is 3.79. The second kappa shape index (κ2) is 5.32. The highest BCUT2D eigenvalue weighted by Crippen LogP contribution is 2.13. The summed E-state index contributed by atoms with van der Waals surface area (Å²) in [6.07, 6.45) is 0. The molecule has 0 radical (unpaired) electrons. The van der Waals surface area contributed by atoms with Gasteiger partial charge in [0.2, 0.25) is 0 Å². The molecule has 0 unspecified atom stereocenters. The van der Waals surface area contributed by atoms with Crippen LogP contribution in [0.4, 0.5) is 0 Å². The van der Waals surface area contributed by atoms with Crippen molar-refractivity contribution in [1.29, 1.82) is 0 Å². The molecule has 1 saturated heterocycles. The van der Waals surface area contributed by atoms with Crippen LogP contribution in [-0.4, -0.2) is 42.2 Å². The van der Waals surface area contributed by atoms with E-state index in [0.29, 0.717) is 19.0 Å². The second-order valence-electron chi connectivity index (χ2n) is 3.53. The third kappa shape index (κ3) is 2.54. The van der Waals surface area contributed by atoms with E-state index in [9.17, 15) is 0 Å². The normalized spacial score (nSPS) is 17.6. The smallest absolute Gasteiger partial charge is 0.175 e. The summed E-state index contributed by atoms with van der Waals surface area (Å²) in [5.74, 6) is 0.607. The Labute approximate surface area is 103 Å². The zero-order valence-electron chi connectivity index (χ0n) is 8.77. The van der Waals surface area contributed by atoms with Gasteiger partial charge in [-0.2, -0.15) is 0 Å². The predicted molar refractivity (Wildman–Crippen MR) is 64.9 cm³/mol. The lowest BCUT2D eigenvalue weighted by molar-refractivity contribution is 0.0668. The van der Waals surface area contributed by atoms with E-state index in [1.54, 1.807) is 0 Å². The fraction of sp³-hybridized carbons (Fsp3) is 0.364. The molecule has 1 aliphatic rings. The number of hydrogen-bond acceptors (Lipinski definition) is 3. The molecule has 86 valence electrons. The number of nitrogens with zero attached hydrogens (tertiary/aromatic N) is 2. The van der Waals surface area contributed by atoms with E-state index in [-0.39, 0.29) is 0 Å². The van der Waals surface area contributed by atoms with Crippen LogP contribution in [0.25, 0.3) is 0 Å². The molecule has 1 aliphatic heterocycles. The summed E-state index contributed by atoms with van der Waals surface area (Å²) in [7, 11) is 0. The molecule has 0 aliphatic carbocycles. The maximum Gasteiger partial charge on any atom is 0.175 e. The zero-order valence-corrected chi connectivity index (χ0v) is 10.4. The molecule has 0 bridgehead atoms. The first-order valence-corrected chi connectivity index (χ1v) is 5.91. The lowest BCUT2D eigenvalue weighted by Gasteiger charge is -2.28. The molecule has 2 rings (SSSR count). The minimum atomic E-state index is 0.607. The Morgan fingerprint density at radius 1 is 1.25 bits per heavy atom. The molecule has 1 heterocycles. The van der Waals surface area contributed by atoms with Crippen LogP contribution in [0.2, 0.25) is 0 Å². The maximum atomic E-state index is 9.09. The van der Waals surface area contributed by atoms with Crippen LogP contribution in [0.15, 0.2) is 33.9 Å². The molecule has 1 aromatic carbocycles. The van der Waals surface area contributed by atoms with Gasteiger partial charge in [-0.3, -0.25) is 0 Å². The summed E-state index contributed by atoms with van der Waals surface area (Å²) in [6, 6.07) is 7.71. The van der Waals surface area contributed by atoms with Crippen molar-refractivity contribution in [1.82, 2.24) is 4.90 Å². The topological polar surface area (TPSA) is 45.1 Å². The monoisotopic (exact) mass is 284 g/mol. The summed E-state index contributed by atoms with van der Waals surface area (Å²) in [6.45, 7) is 2.87. The van der Waals surface area contributed by atoms with Crippen molar-refractivity contribution in [2.45, 2.75) is 0 Å². The number of amidine groups is 1. The molecule has 16 heavy (non-hydrogen) atoms. The summed E-state index contributed by atoms with van der Waals surface area (Å²) < 4.78 is 6.27. The molecule has 4 nitrogen and oxygen atoms in total. The van der Waals surface area contributed by atoms with E-state index in [2.05, 4.69) is 21.1 Å². The number of hydrogen-bond donors (Lipinski definition) is 1. The number of ether oxygens (including phenoxy) is 1. The molecular formula is C11H13BrN2O2. The molecule has 5 heteroatoms. The van der Waals surface area contributed by atoms with E-state index in [1.165, 1.54) is 0 Å². The minimum Gasteiger partial charge on any atom is -0.409 e. The highest BCUT2D eigenvalue weighted by atomic mass is 79.9. The molecule has 1 fully saturated rings. The van der Waals surface area contributed by atoms with E-state index in [1.807, 2.05) is 29.2 Å². The van der Waals surface area contributed by atoms with Crippen molar-refractivity contribution in [3.8, 4) is 0 Å². The number of morpholine rings is 1. The highest BCUT2D eigenvalue weighted by Gasteiger charge is 2.17. The van der Waals surface area contributed by atoms with Crippen LogP contribution >= 0.6 is 15.9 Å². The van der Waals surface area contributed by atoms with Crippen LogP contribution in [0, 0.1) is 0 Å². The van der Waals surface area contributed by atoms with Gasteiger partial charge in [-0.05, 0) is 12.1 Å². The van der Waals surface area contributed by atoms with Crippen molar-refractivity contribution >= 4 is 21.8 Å². The van der Waals surface area contributed by atoms with E-state index >= 15 is 0 Å². The molecule has 1 aromatic rings. The van der Waals surface area contributed by atoms with Crippen molar-refractivity contribution in [2.24, 2.45) is 5.16 Å². The summed E-state index contributed by atoms with van der Waals surface area (Å²) in [4.78, 5) is 2.02. The third-order valence-corrected chi connectivity index (χ3v) is 3.04. The van der Waals surface area contributed by atoms with Gasteiger partial charge in [0.15, 0.2) is 5.84 Å². The molecule has 0 atom stereocenters. The Morgan fingerprint density at radius 2 is 1.88 bits per heavy atom. The van der Waals surface area contributed by atoms with Crippen LogP contribution in [0.5, 0.6) is 0 Å². The predicted octanol–water partition coefficient (Wildman–Crippen LogP) is 1.92. The van der Waals surface area contributed by atoms with Crippen LogP contribution in [0.1, 0.15) is 5.56 Å². The van der Waals surface area contributed by atoms with E-state index in [4.69, 9.17) is 9.94 Å². The molecule has 0 amide bonds. The SMILES string of the molecule is ON=C(c1ccc(Br)cc1)N1CCOCC1. The van der Waals surface area contributed by atoms with Crippen molar-refractivity contribution in [2.75, 3.05) is 26.3 Å². The first-order valence-electron chi connectivity index (χ1n) is 5.12. The fourth-order valence-corrected chi connectivity index (χ4v) is 1.94. The van der Waals surface area contributed by atoms with Gasteiger partial charge in [0.05, 0.1) is 13.2 Å². The van der Waals surface area contributed by atoms with E-state index < -0.39 is 0 Å². The van der Waals surface area contributed by atoms with E-state index in [0.717, 1.165) is 23.1 Å². The first kappa shape index (κ1) is 11.4.